The number of carbonyl (C=O) groups is 2. The summed E-state index contributed by atoms with van der Waals surface area (Å²) < 4.78 is 3.79. The molecule has 0 fully saturated rings. The molecule has 6 nitrogen and oxygen atoms in total. The molecule has 3 rings (SSSR count). The smallest absolute Gasteiger partial charge is 0.269 e. The summed E-state index contributed by atoms with van der Waals surface area (Å²) in [5, 5.41) is 6.74. The van der Waals surface area contributed by atoms with Gasteiger partial charge in [-0.25, -0.2) is 0 Å². The summed E-state index contributed by atoms with van der Waals surface area (Å²) in [7, 11) is 0. The Labute approximate surface area is 145 Å². The van der Waals surface area contributed by atoms with E-state index in [4.69, 9.17) is 0 Å². The van der Waals surface area contributed by atoms with Gasteiger partial charge in [-0.2, -0.15) is 0 Å². The van der Waals surface area contributed by atoms with E-state index >= 15 is 0 Å². The normalized spacial score (nSPS) is 13.8. The lowest BCUT2D eigenvalue weighted by Crippen LogP contribution is -2.38. The fraction of sp³-hybridized carbons (Fsp3) is 0.412. The molecule has 1 N–H and O–H groups in total. The van der Waals surface area contributed by atoms with Crippen LogP contribution in [0.1, 0.15) is 41.2 Å². The summed E-state index contributed by atoms with van der Waals surface area (Å²) in [6, 6.07) is 5.75. The van der Waals surface area contributed by atoms with Crippen LogP contribution in [0.3, 0.4) is 0 Å². The summed E-state index contributed by atoms with van der Waals surface area (Å²) in [5.74, 6) is -0.165. The maximum Gasteiger partial charge on any atom is 0.269 e. The summed E-state index contributed by atoms with van der Waals surface area (Å²) in [6.07, 6.45) is 1.91. The van der Waals surface area contributed by atoms with E-state index in [9.17, 15) is 9.59 Å². The van der Waals surface area contributed by atoms with Gasteiger partial charge in [-0.15, -0.1) is 5.10 Å². The van der Waals surface area contributed by atoms with Gasteiger partial charge in [-0.3, -0.25) is 9.59 Å². The van der Waals surface area contributed by atoms with Crippen LogP contribution < -0.4 is 10.2 Å². The van der Waals surface area contributed by atoms with E-state index in [1.807, 2.05) is 36.9 Å². The van der Waals surface area contributed by atoms with E-state index in [-0.39, 0.29) is 17.7 Å². The lowest BCUT2D eigenvalue weighted by Gasteiger charge is -2.31. The van der Waals surface area contributed by atoms with E-state index in [0.29, 0.717) is 16.3 Å². The molecule has 0 unspecified atom stereocenters. The fourth-order valence-corrected chi connectivity index (χ4v) is 3.37. The van der Waals surface area contributed by atoms with Gasteiger partial charge >= 0.3 is 0 Å². The number of fused-ring (bicyclic) bond motifs is 1. The molecule has 2 amide bonds. The van der Waals surface area contributed by atoms with Gasteiger partial charge in [0.25, 0.3) is 5.91 Å². The number of hydrogen-bond acceptors (Lipinski definition) is 5. The molecule has 0 spiro atoms. The van der Waals surface area contributed by atoms with Gasteiger partial charge in [0, 0.05) is 23.8 Å². The molecule has 0 atom stereocenters. The molecule has 0 radical (unpaired) electrons. The molecule has 1 aliphatic rings. The molecule has 2 aromatic rings. The topological polar surface area (TPSA) is 75.2 Å². The number of hydrogen-bond donors (Lipinski definition) is 1. The molecule has 7 heteroatoms. The van der Waals surface area contributed by atoms with Crippen molar-refractivity contribution in [2.45, 2.75) is 33.6 Å². The van der Waals surface area contributed by atoms with E-state index < -0.39 is 0 Å². The molecule has 126 valence electrons. The van der Waals surface area contributed by atoms with Gasteiger partial charge in [-0.1, -0.05) is 24.4 Å². The van der Waals surface area contributed by atoms with Crippen molar-refractivity contribution in [2.24, 2.45) is 5.92 Å². The second kappa shape index (κ2) is 6.68. The van der Waals surface area contributed by atoms with Crippen LogP contribution in [-0.4, -0.2) is 27.9 Å². The second-order valence-corrected chi connectivity index (χ2v) is 6.99. The lowest BCUT2D eigenvalue weighted by atomic mass is 9.99. The Hall–Kier alpha value is -2.28. The van der Waals surface area contributed by atoms with E-state index in [1.54, 1.807) is 6.92 Å². The van der Waals surface area contributed by atoms with Gasteiger partial charge in [0.15, 0.2) is 0 Å². The summed E-state index contributed by atoms with van der Waals surface area (Å²) >= 11 is 1.08. The second-order valence-electron chi connectivity index (χ2n) is 6.23. The van der Waals surface area contributed by atoms with E-state index in [2.05, 4.69) is 14.9 Å². The Morgan fingerprint density at radius 2 is 2.12 bits per heavy atom. The lowest BCUT2D eigenvalue weighted by molar-refractivity contribution is -0.121. The molecule has 1 aromatic heterocycles. The molecular formula is C17H20N4O2S. The zero-order chi connectivity index (χ0) is 17.3. The maximum atomic E-state index is 12.4. The summed E-state index contributed by atoms with van der Waals surface area (Å²) in [6.45, 7) is 6.29. The third-order valence-corrected chi connectivity index (χ3v) is 4.91. The van der Waals surface area contributed by atoms with Crippen LogP contribution in [0.25, 0.3) is 0 Å². The number of anilines is 2. The SMILES string of the molecule is Cc1nnsc1C(=O)Nc1ccc2c(c1)N(C(=O)C(C)C)CCC2. The van der Waals surface area contributed by atoms with Crippen LogP contribution in [0.2, 0.25) is 0 Å². The van der Waals surface area contributed by atoms with Crippen LogP contribution in [-0.2, 0) is 11.2 Å². The Morgan fingerprint density at radius 3 is 2.79 bits per heavy atom. The van der Waals surface area contributed by atoms with Gasteiger partial charge in [0.1, 0.15) is 4.88 Å². The maximum absolute atomic E-state index is 12.4. The van der Waals surface area contributed by atoms with Crippen molar-refractivity contribution in [1.29, 1.82) is 0 Å². The highest BCUT2D eigenvalue weighted by atomic mass is 32.1. The van der Waals surface area contributed by atoms with Crippen LogP contribution in [0.5, 0.6) is 0 Å². The van der Waals surface area contributed by atoms with Gasteiger partial charge in [-0.05, 0) is 49.0 Å². The summed E-state index contributed by atoms with van der Waals surface area (Å²) in [5.41, 5.74) is 3.34. The Morgan fingerprint density at radius 1 is 1.33 bits per heavy atom. The number of aryl methyl sites for hydroxylation is 2. The number of nitrogens with one attached hydrogen (secondary N) is 1. The quantitative estimate of drug-likeness (QED) is 0.928. The van der Waals surface area contributed by atoms with Crippen LogP contribution in [0.15, 0.2) is 18.2 Å². The fourth-order valence-electron chi connectivity index (χ4n) is 2.82. The predicted molar refractivity (Wildman–Crippen MR) is 94.6 cm³/mol. The highest BCUT2D eigenvalue weighted by Crippen LogP contribution is 2.31. The largest absolute Gasteiger partial charge is 0.321 e. The first-order valence-corrected chi connectivity index (χ1v) is 8.79. The number of aromatic nitrogens is 2. The number of rotatable bonds is 3. The number of nitrogens with zero attached hydrogens (tertiary/aromatic N) is 3. The minimum atomic E-state index is -0.222. The molecule has 0 saturated heterocycles. The Kier molecular flexibility index (Phi) is 4.62. The van der Waals surface area contributed by atoms with Crippen molar-refractivity contribution in [3.05, 3.63) is 34.3 Å². The molecule has 2 heterocycles. The molecule has 1 aliphatic heterocycles. The van der Waals surface area contributed by atoms with Crippen molar-refractivity contribution < 1.29 is 9.59 Å². The molecular weight excluding hydrogens is 324 g/mol. The first-order valence-electron chi connectivity index (χ1n) is 8.02. The molecule has 0 bridgehead atoms. The van der Waals surface area contributed by atoms with Crippen LogP contribution in [0, 0.1) is 12.8 Å². The molecule has 0 aliphatic carbocycles. The van der Waals surface area contributed by atoms with Crippen molar-refractivity contribution in [1.82, 2.24) is 9.59 Å². The van der Waals surface area contributed by atoms with E-state index in [0.717, 1.165) is 42.2 Å². The van der Waals surface area contributed by atoms with Crippen molar-refractivity contribution >= 4 is 34.7 Å². The third-order valence-electron chi connectivity index (χ3n) is 4.08. The van der Waals surface area contributed by atoms with Crippen molar-refractivity contribution in [2.75, 3.05) is 16.8 Å². The van der Waals surface area contributed by atoms with Gasteiger partial charge in [0.05, 0.1) is 5.69 Å². The van der Waals surface area contributed by atoms with Crippen LogP contribution in [0.4, 0.5) is 11.4 Å². The summed E-state index contributed by atoms with van der Waals surface area (Å²) in [4.78, 5) is 27.1. The minimum Gasteiger partial charge on any atom is -0.321 e. The third kappa shape index (κ3) is 3.17. The van der Waals surface area contributed by atoms with E-state index in [1.165, 1.54) is 0 Å². The minimum absolute atomic E-state index is 0.0554. The predicted octanol–water partition coefficient (Wildman–Crippen LogP) is 3.03. The monoisotopic (exact) mass is 344 g/mol. The highest BCUT2D eigenvalue weighted by molar-refractivity contribution is 7.08. The zero-order valence-electron chi connectivity index (χ0n) is 14.0. The number of amides is 2. The molecule has 1 aromatic carbocycles. The zero-order valence-corrected chi connectivity index (χ0v) is 14.8. The van der Waals surface area contributed by atoms with Gasteiger partial charge < -0.3 is 10.2 Å². The van der Waals surface area contributed by atoms with Gasteiger partial charge in [0.2, 0.25) is 5.91 Å². The molecule has 24 heavy (non-hydrogen) atoms. The molecule has 0 saturated carbocycles. The van der Waals surface area contributed by atoms with Crippen LogP contribution >= 0.6 is 11.5 Å². The van der Waals surface area contributed by atoms with Crippen molar-refractivity contribution in [3.8, 4) is 0 Å². The standard InChI is InChI=1S/C17H20N4O2S/c1-10(2)17(23)21-8-4-5-12-6-7-13(9-14(12)21)18-16(22)15-11(3)19-20-24-15/h6-7,9-10H,4-5,8H2,1-3H3,(H,18,22). The first-order chi connectivity index (χ1) is 11.5. The average molecular weight is 344 g/mol. The van der Waals surface area contributed by atoms with Crippen molar-refractivity contribution in [3.63, 3.8) is 0 Å². The average Bonchev–Trinajstić information content (AvgIpc) is 2.99. The number of carbonyl (C=O) groups excluding carboxylic acids is 2. The Bertz CT molecular complexity index is 785. The Balaban J connectivity index is 1.87. The number of benzene rings is 1. The highest BCUT2D eigenvalue weighted by Gasteiger charge is 2.25. The first kappa shape index (κ1) is 16.6.